The Kier molecular flexibility index (Phi) is 7.13. The van der Waals surface area contributed by atoms with E-state index < -0.39 is 11.3 Å². The van der Waals surface area contributed by atoms with Gasteiger partial charge in [0.25, 0.3) is 0 Å². The summed E-state index contributed by atoms with van der Waals surface area (Å²) in [6, 6.07) is 0. The molecule has 4 nitrogen and oxygen atoms in total. The molecule has 0 aromatic rings. The number of halogens is 1. The van der Waals surface area contributed by atoms with Crippen LogP contribution in [-0.2, 0) is 14.3 Å². The van der Waals surface area contributed by atoms with Gasteiger partial charge in [-0.05, 0) is 19.8 Å². The maximum Gasteiger partial charge on any atom is 0.325 e. The molecule has 0 aromatic carbocycles. The first-order chi connectivity index (χ1) is 7.38. The molecule has 0 saturated heterocycles. The molecule has 16 heavy (non-hydrogen) atoms. The molecule has 0 aliphatic rings. The van der Waals surface area contributed by atoms with Crippen LogP contribution in [0.3, 0.4) is 0 Å². The number of amides is 1. The SMILES string of the molecule is CCOC(=O)CN(CC(C)C)C(=O)C(C)Cl. The van der Waals surface area contributed by atoms with Gasteiger partial charge >= 0.3 is 5.97 Å². The minimum atomic E-state index is -0.617. The van der Waals surface area contributed by atoms with Crippen LogP contribution in [0.15, 0.2) is 0 Å². The number of ether oxygens (including phenoxy) is 1. The van der Waals surface area contributed by atoms with Crippen LogP contribution in [0.25, 0.3) is 0 Å². The third kappa shape index (κ3) is 5.95. The van der Waals surface area contributed by atoms with Gasteiger partial charge in [0.15, 0.2) is 0 Å². The molecule has 1 atom stereocenters. The van der Waals surface area contributed by atoms with Gasteiger partial charge in [-0.3, -0.25) is 9.59 Å². The number of rotatable bonds is 6. The lowest BCUT2D eigenvalue weighted by atomic mass is 10.2. The topological polar surface area (TPSA) is 46.6 Å². The Labute approximate surface area is 102 Å². The maximum absolute atomic E-state index is 11.7. The number of carbonyl (C=O) groups is 2. The van der Waals surface area contributed by atoms with Gasteiger partial charge < -0.3 is 9.64 Å². The van der Waals surface area contributed by atoms with Crippen LogP contribution in [0.4, 0.5) is 0 Å². The monoisotopic (exact) mass is 249 g/mol. The van der Waals surface area contributed by atoms with Crippen molar-refractivity contribution in [1.29, 1.82) is 0 Å². The zero-order valence-corrected chi connectivity index (χ0v) is 11.1. The van der Waals surface area contributed by atoms with Crippen molar-refractivity contribution in [2.24, 2.45) is 5.92 Å². The second-order valence-corrected chi connectivity index (χ2v) is 4.69. The third-order valence-electron chi connectivity index (χ3n) is 1.86. The Morgan fingerprint density at radius 3 is 2.25 bits per heavy atom. The number of hydrogen-bond donors (Lipinski definition) is 0. The Morgan fingerprint density at radius 1 is 1.31 bits per heavy atom. The predicted molar refractivity (Wildman–Crippen MR) is 63.4 cm³/mol. The van der Waals surface area contributed by atoms with Gasteiger partial charge in [-0.25, -0.2) is 0 Å². The maximum atomic E-state index is 11.7. The zero-order valence-electron chi connectivity index (χ0n) is 10.3. The summed E-state index contributed by atoms with van der Waals surface area (Å²) in [6.45, 7) is 8.09. The molecule has 0 aliphatic heterocycles. The van der Waals surface area contributed by atoms with E-state index in [0.29, 0.717) is 13.2 Å². The Balaban J connectivity index is 4.43. The second kappa shape index (κ2) is 7.49. The summed E-state index contributed by atoms with van der Waals surface area (Å²) in [5.41, 5.74) is 0. The van der Waals surface area contributed by atoms with Crippen molar-refractivity contribution in [2.75, 3.05) is 19.7 Å². The van der Waals surface area contributed by atoms with E-state index in [1.807, 2.05) is 13.8 Å². The molecule has 5 heteroatoms. The third-order valence-corrected chi connectivity index (χ3v) is 2.05. The number of hydrogen-bond acceptors (Lipinski definition) is 3. The molecular weight excluding hydrogens is 230 g/mol. The van der Waals surface area contributed by atoms with Crippen molar-refractivity contribution in [1.82, 2.24) is 4.90 Å². The van der Waals surface area contributed by atoms with E-state index in [4.69, 9.17) is 16.3 Å². The highest BCUT2D eigenvalue weighted by atomic mass is 35.5. The van der Waals surface area contributed by atoms with Gasteiger partial charge in [-0.2, -0.15) is 0 Å². The van der Waals surface area contributed by atoms with Gasteiger partial charge in [0.2, 0.25) is 5.91 Å². The number of alkyl halides is 1. The highest BCUT2D eigenvalue weighted by molar-refractivity contribution is 6.30. The molecule has 0 bridgehead atoms. The molecule has 1 amide bonds. The lowest BCUT2D eigenvalue weighted by Crippen LogP contribution is -2.42. The fraction of sp³-hybridized carbons (Fsp3) is 0.818. The molecule has 0 aromatic heterocycles. The summed E-state index contributed by atoms with van der Waals surface area (Å²) in [7, 11) is 0. The Hall–Kier alpha value is -0.770. The highest BCUT2D eigenvalue weighted by Gasteiger charge is 2.22. The van der Waals surface area contributed by atoms with E-state index in [1.165, 1.54) is 4.90 Å². The molecule has 0 spiro atoms. The molecule has 1 unspecified atom stereocenters. The average molecular weight is 250 g/mol. The van der Waals surface area contributed by atoms with Gasteiger partial charge in [0.1, 0.15) is 11.9 Å². The first kappa shape index (κ1) is 15.2. The standard InChI is InChI=1S/C11H20ClNO3/c1-5-16-10(14)7-13(6-8(2)3)11(15)9(4)12/h8-9H,5-7H2,1-4H3. The van der Waals surface area contributed by atoms with Crippen molar-refractivity contribution in [3.63, 3.8) is 0 Å². The lowest BCUT2D eigenvalue weighted by Gasteiger charge is -2.24. The van der Waals surface area contributed by atoms with Gasteiger partial charge in [-0.15, -0.1) is 11.6 Å². The summed E-state index contributed by atoms with van der Waals surface area (Å²) < 4.78 is 4.81. The van der Waals surface area contributed by atoms with Gasteiger partial charge in [-0.1, -0.05) is 13.8 Å². The molecule has 0 saturated carbocycles. The van der Waals surface area contributed by atoms with Crippen LogP contribution < -0.4 is 0 Å². The van der Waals surface area contributed by atoms with Crippen molar-refractivity contribution in [3.05, 3.63) is 0 Å². The largest absolute Gasteiger partial charge is 0.465 e. The molecule has 0 N–H and O–H groups in total. The minimum Gasteiger partial charge on any atom is -0.465 e. The molecule has 0 aliphatic carbocycles. The average Bonchev–Trinajstić information content (AvgIpc) is 2.15. The smallest absolute Gasteiger partial charge is 0.325 e. The Morgan fingerprint density at radius 2 is 1.88 bits per heavy atom. The van der Waals surface area contributed by atoms with Crippen LogP contribution in [-0.4, -0.2) is 41.8 Å². The lowest BCUT2D eigenvalue weighted by molar-refractivity contribution is -0.149. The fourth-order valence-corrected chi connectivity index (χ4v) is 1.43. The van der Waals surface area contributed by atoms with E-state index in [2.05, 4.69) is 0 Å². The quantitative estimate of drug-likeness (QED) is 0.531. The van der Waals surface area contributed by atoms with E-state index in [-0.39, 0.29) is 18.4 Å². The fourth-order valence-electron chi connectivity index (χ4n) is 1.29. The second-order valence-electron chi connectivity index (χ2n) is 4.03. The molecule has 0 radical (unpaired) electrons. The summed E-state index contributed by atoms with van der Waals surface area (Å²) in [6.07, 6.45) is 0. The van der Waals surface area contributed by atoms with Crippen molar-refractivity contribution < 1.29 is 14.3 Å². The number of nitrogens with zero attached hydrogens (tertiary/aromatic N) is 1. The van der Waals surface area contributed by atoms with Gasteiger partial charge in [0.05, 0.1) is 6.61 Å². The Bertz CT molecular complexity index is 241. The van der Waals surface area contributed by atoms with E-state index in [9.17, 15) is 9.59 Å². The van der Waals surface area contributed by atoms with E-state index in [1.54, 1.807) is 13.8 Å². The van der Waals surface area contributed by atoms with Crippen LogP contribution in [0.1, 0.15) is 27.7 Å². The van der Waals surface area contributed by atoms with Crippen LogP contribution >= 0.6 is 11.6 Å². The zero-order chi connectivity index (χ0) is 12.7. The van der Waals surface area contributed by atoms with Crippen molar-refractivity contribution in [2.45, 2.75) is 33.1 Å². The number of esters is 1. The molecule has 94 valence electrons. The number of carbonyl (C=O) groups excluding carboxylic acids is 2. The summed E-state index contributed by atoms with van der Waals surface area (Å²) in [4.78, 5) is 24.5. The summed E-state index contributed by atoms with van der Waals surface area (Å²) >= 11 is 5.72. The minimum absolute atomic E-state index is 0.0259. The normalized spacial score (nSPS) is 12.4. The summed E-state index contributed by atoms with van der Waals surface area (Å²) in [5, 5.41) is -0.617. The van der Waals surface area contributed by atoms with Crippen LogP contribution in [0.2, 0.25) is 0 Å². The highest BCUT2D eigenvalue weighted by Crippen LogP contribution is 2.06. The van der Waals surface area contributed by atoms with Crippen molar-refractivity contribution >= 4 is 23.5 Å². The molecule has 0 heterocycles. The van der Waals surface area contributed by atoms with Crippen LogP contribution in [0.5, 0.6) is 0 Å². The first-order valence-electron chi connectivity index (χ1n) is 5.46. The summed E-state index contributed by atoms with van der Waals surface area (Å²) in [5.74, 6) is -0.342. The van der Waals surface area contributed by atoms with Gasteiger partial charge in [0, 0.05) is 6.54 Å². The predicted octanol–water partition coefficient (Wildman–Crippen LogP) is 1.66. The molecule has 0 fully saturated rings. The van der Waals surface area contributed by atoms with E-state index in [0.717, 1.165) is 0 Å². The van der Waals surface area contributed by atoms with E-state index >= 15 is 0 Å². The molecular formula is C11H20ClNO3. The van der Waals surface area contributed by atoms with Crippen molar-refractivity contribution in [3.8, 4) is 0 Å². The molecule has 0 rings (SSSR count). The van der Waals surface area contributed by atoms with Crippen LogP contribution in [0, 0.1) is 5.92 Å². The first-order valence-corrected chi connectivity index (χ1v) is 5.90.